The molecular formula is C57H103NO8P+. The van der Waals surface area contributed by atoms with Crippen molar-refractivity contribution in [3.63, 3.8) is 0 Å². The summed E-state index contributed by atoms with van der Waals surface area (Å²) in [6.07, 6.45) is 62.4. The highest BCUT2D eigenvalue weighted by Crippen LogP contribution is 2.43. The van der Waals surface area contributed by atoms with Crippen molar-refractivity contribution in [2.45, 2.75) is 232 Å². The predicted molar refractivity (Wildman–Crippen MR) is 284 cm³/mol. The second kappa shape index (κ2) is 48.5. The smallest absolute Gasteiger partial charge is 0.462 e. The van der Waals surface area contributed by atoms with Crippen LogP contribution in [0, 0.1) is 0 Å². The summed E-state index contributed by atoms with van der Waals surface area (Å²) >= 11 is 0. The van der Waals surface area contributed by atoms with E-state index in [2.05, 4.69) is 86.8 Å². The SMILES string of the molecule is CC/C=C\C/C=C\C/C=C\C/C=C\C/C=C\C/C=C\CCCCCCCCCCC(=O)OC(COC(=O)CCCCCCCCCCCCCCCCCC)COP(=O)(O)OCC[N+](C)(C)C. The Labute approximate surface area is 412 Å². The number of carbonyl (C=O) groups excluding carboxylic acids is 2. The first-order valence-electron chi connectivity index (χ1n) is 27.2. The van der Waals surface area contributed by atoms with Crippen LogP contribution in [0.15, 0.2) is 72.9 Å². The van der Waals surface area contributed by atoms with Gasteiger partial charge in [0.15, 0.2) is 6.10 Å². The van der Waals surface area contributed by atoms with Crippen LogP contribution in [0.5, 0.6) is 0 Å². The summed E-state index contributed by atoms with van der Waals surface area (Å²) < 4.78 is 34.5. The molecule has 2 atom stereocenters. The zero-order valence-corrected chi connectivity index (χ0v) is 44.8. The van der Waals surface area contributed by atoms with E-state index < -0.39 is 26.5 Å². The summed E-state index contributed by atoms with van der Waals surface area (Å²) in [4.78, 5) is 35.6. The number of hydrogen-bond donors (Lipinski definition) is 1. The maximum Gasteiger partial charge on any atom is 0.472 e. The molecule has 0 spiro atoms. The normalized spacial score (nSPS) is 13.9. The minimum Gasteiger partial charge on any atom is -0.462 e. The Balaban J connectivity index is 4.22. The van der Waals surface area contributed by atoms with Crippen molar-refractivity contribution < 1.29 is 42.1 Å². The molecule has 0 heterocycles. The molecule has 0 aromatic carbocycles. The second-order valence-electron chi connectivity index (χ2n) is 19.2. The molecule has 0 aliphatic carbocycles. The minimum absolute atomic E-state index is 0.0281. The molecule has 2 unspecified atom stereocenters. The summed E-state index contributed by atoms with van der Waals surface area (Å²) in [5.41, 5.74) is 0. The van der Waals surface area contributed by atoms with Crippen molar-refractivity contribution >= 4 is 19.8 Å². The Hall–Kier alpha value is -2.55. The van der Waals surface area contributed by atoms with Gasteiger partial charge in [-0.2, -0.15) is 0 Å². The molecule has 0 saturated carbocycles. The van der Waals surface area contributed by atoms with Gasteiger partial charge in [0, 0.05) is 12.8 Å². The van der Waals surface area contributed by atoms with E-state index in [1.54, 1.807) is 0 Å². The number of likely N-dealkylation sites (N-methyl/N-ethyl adjacent to an activating group) is 1. The molecule has 0 bridgehead atoms. The van der Waals surface area contributed by atoms with Crippen LogP contribution in [0.1, 0.15) is 226 Å². The molecule has 0 aromatic heterocycles. The molecule has 0 rings (SSSR count). The standard InChI is InChI=1S/C57H102NO8P/c1-6-8-10-12-14-16-18-20-22-24-25-26-27-28-29-30-31-32-33-34-36-38-40-42-44-46-48-50-57(60)66-55(54-65-67(61,62)64-52-51-58(3,4)5)53-63-56(59)49-47-45-43-41-39-37-35-23-21-19-17-15-13-11-9-7-2/h8,10,14,16,20,22,25-26,28-29,31-32,55H,6-7,9,11-13,15,17-19,21,23-24,27,30,33-54H2,1-5H3/p+1/b10-8-,16-14-,22-20-,26-25-,29-28-,32-31-. The summed E-state index contributed by atoms with van der Waals surface area (Å²) in [6.45, 7) is 4.32. The third-order valence-electron chi connectivity index (χ3n) is 11.5. The number of allylic oxidation sites excluding steroid dienone is 12. The van der Waals surface area contributed by atoms with E-state index in [-0.39, 0.29) is 32.0 Å². The van der Waals surface area contributed by atoms with Gasteiger partial charge in [0.2, 0.25) is 0 Å². The number of rotatable bonds is 49. The van der Waals surface area contributed by atoms with Gasteiger partial charge in [-0.1, -0.05) is 222 Å². The second-order valence-corrected chi connectivity index (χ2v) is 20.7. The largest absolute Gasteiger partial charge is 0.472 e. The number of phosphoric ester groups is 1. The fraction of sp³-hybridized carbons (Fsp3) is 0.754. The summed E-state index contributed by atoms with van der Waals surface area (Å²) in [5.74, 6) is -0.804. The lowest BCUT2D eigenvalue weighted by atomic mass is 10.0. The molecule has 388 valence electrons. The van der Waals surface area contributed by atoms with Gasteiger partial charge in [-0.15, -0.1) is 0 Å². The van der Waals surface area contributed by atoms with Crippen molar-refractivity contribution in [2.24, 2.45) is 0 Å². The minimum atomic E-state index is -4.39. The van der Waals surface area contributed by atoms with Crippen LogP contribution >= 0.6 is 7.82 Å². The number of esters is 2. The van der Waals surface area contributed by atoms with E-state index in [0.29, 0.717) is 17.4 Å². The van der Waals surface area contributed by atoms with E-state index in [1.165, 1.54) is 109 Å². The van der Waals surface area contributed by atoms with Crippen LogP contribution in [-0.4, -0.2) is 74.9 Å². The number of phosphoric acid groups is 1. The fourth-order valence-corrected chi connectivity index (χ4v) is 8.05. The van der Waals surface area contributed by atoms with Gasteiger partial charge in [-0.05, 0) is 64.2 Å². The van der Waals surface area contributed by atoms with Gasteiger partial charge in [-0.25, -0.2) is 4.57 Å². The highest BCUT2D eigenvalue weighted by molar-refractivity contribution is 7.47. The quantitative estimate of drug-likeness (QED) is 0.0211. The Morgan fingerprint density at radius 1 is 0.478 bits per heavy atom. The fourth-order valence-electron chi connectivity index (χ4n) is 7.31. The Kier molecular flexibility index (Phi) is 46.6. The van der Waals surface area contributed by atoms with E-state index in [9.17, 15) is 19.0 Å². The molecule has 0 aliphatic heterocycles. The number of quaternary nitrogens is 1. The van der Waals surface area contributed by atoms with Crippen LogP contribution in [0.4, 0.5) is 0 Å². The lowest BCUT2D eigenvalue weighted by Crippen LogP contribution is -2.37. The zero-order chi connectivity index (χ0) is 49.2. The third kappa shape index (κ3) is 52.7. The van der Waals surface area contributed by atoms with Crippen molar-refractivity contribution in [1.29, 1.82) is 0 Å². The van der Waals surface area contributed by atoms with Crippen LogP contribution in [0.2, 0.25) is 0 Å². The van der Waals surface area contributed by atoms with Gasteiger partial charge in [0.1, 0.15) is 19.8 Å². The van der Waals surface area contributed by atoms with E-state index in [1.807, 2.05) is 21.1 Å². The molecule has 10 heteroatoms. The zero-order valence-electron chi connectivity index (χ0n) is 43.9. The molecule has 9 nitrogen and oxygen atoms in total. The van der Waals surface area contributed by atoms with Crippen LogP contribution < -0.4 is 0 Å². The molecule has 0 saturated heterocycles. The molecular weight excluding hydrogens is 858 g/mol. The van der Waals surface area contributed by atoms with Gasteiger partial charge in [0.05, 0.1) is 27.7 Å². The third-order valence-corrected chi connectivity index (χ3v) is 12.5. The topological polar surface area (TPSA) is 108 Å². The van der Waals surface area contributed by atoms with Gasteiger partial charge >= 0.3 is 19.8 Å². The Morgan fingerprint density at radius 3 is 1.27 bits per heavy atom. The maximum atomic E-state index is 12.8. The van der Waals surface area contributed by atoms with Crippen LogP contribution in [-0.2, 0) is 32.7 Å². The lowest BCUT2D eigenvalue weighted by Gasteiger charge is -2.24. The highest BCUT2D eigenvalue weighted by Gasteiger charge is 2.27. The maximum absolute atomic E-state index is 12.8. The van der Waals surface area contributed by atoms with Crippen LogP contribution in [0.25, 0.3) is 0 Å². The number of nitrogens with zero attached hydrogens (tertiary/aromatic N) is 1. The van der Waals surface area contributed by atoms with Gasteiger partial charge < -0.3 is 18.9 Å². The molecule has 0 radical (unpaired) electrons. The van der Waals surface area contributed by atoms with Gasteiger partial charge in [-0.3, -0.25) is 18.6 Å². The van der Waals surface area contributed by atoms with Crippen molar-refractivity contribution in [3.05, 3.63) is 72.9 Å². The summed E-state index contributed by atoms with van der Waals surface area (Å²) in [6, 6.07) is 0. The number of carbonyl (C=O) groups is 2. The highest BCUT2D eigenvalue weighted by atomic mass is 31.2. The molecule has 67 heavy (non-hydrogen) atoms. The van der Waals surface area contributed by atoms with E-state index >= 15 is 0 Å². The molecule has 0 amide bonds. The molecule has 0 aliphatic rings. The monoisotopic (exact) mass is 961 g/mol. The number of unbranched alkanes of at least 4 members (excludes halogenated alkanes) is 23. The Morgan fingerprint density at radius 2 is 0.851 bits per heavy atom. The van der Waals surface area contributed by atoms with E-state index in [0.717, 1.165) is 83.5 Å². The first-order chi connectivity index (χ1) is 32.5. The molecule has 0 fully saturated rings. The number of hydrogen-bond acceptors (Lipinski definition) is 7. The summed E-state index contributed by atoms with van der Waals surface area (Å²) in [7, 11) is 1.47. The Bertz CT molecular complexity index is 1360. The van der Waals surface area contributed by atoms with Crippen molar-refractivity contribution in [1.82, 2.24) is 0 Å². The van der Waals surface area contributed by atoms with Crippen molar-refractivity contribution in [2.75, 3.05) is 47.5 Å². The first kappa shape index (κ1) is 64.5. The summed E-state index contributed by atoms with van der Waals surface area (Å²) in [5, 5.41) is 0. The van der Waals surface area contributed by atoms with Gasteiger partial charge in [0.25, 0.3) is 0 Å². The average Bonchev–Trinajstić information content (AvgIpc) is 3.29. The molecule has 0 aromatic rings. The number of ether oxygens (including phenoxy) is 2. The predicted octanol–water partition coefficient (Wildman–Crippen LogP) is 16.5. The van der Waals surface area contributed by atoms with Crippen molar-refractivity contribution in [3.8, 4) is 0 Å². The average molecular weight is 961 g/mol. The van der Waals surface area contributed by atoms with E-state index in [4.69, 9.17) is 18.5 Å². The van der Waals surface area contributed by atoms with Crippen LogP contribution in [0.3, 0.4) is 0 Å². The first-order valence-corrected chi connectivity index (χ1v) is 28.7. The molecule has 1 N–H and O–H groups in total. The lowest BCUT2D eigenvalue weighted by molar-refractivity contribution is -0.870.